The highest BCUT2D eigenvalue weighted by atomic mass is 32.1. The van der Waals surface area contributed by atoms with Gasteiger partial charge in [-0.25, -0.2) is 0 Å². The molecule has 24 heavy (non-hydrogen) atoms. The quantitative estimate of drug-likeness (QED) is 0.580. The van der Waals surface area contributed by atoms with Gasteiger partial charge in [0.15, 0.2) is 10.2 Å². The Morgan fingerprint density at radius 3 is 1.54 bits per heavy atom. The van der Waals surface area contributed by atoms with Crippen molar-refractivity contribution in [2.45, 2.75) is 39.5 Å². The van der Waals surface area contributed by atoms with Crippen LogP contribution < -0.4 is 21.3 Å². The second-order valence-electron chi connectivity index (χ2n) is 5.05. The van der Waals surface area contributed by atoms with E-state index in [1.165, 1.54) is 0 Å². The van der Waals surface area contributed by atoms with Gasteiger partial charge in [-0.05, 0) is 49.4 Å². The predicted molar refractivity (Wildman–Crippen MR) is 105 cm³/mol. The number of carbonyl (C=O) groups is 2. The Labute approximate surface area is 152 Å². The van der Waals surface area contributed by atoms with Crippen molar-refractivity contribution in [3.05, 3.63) is 24.3 Å². The van der Waals surface area contributed by atoms with Crippen LogP contribution in [0.5, 0.6) is 0 Å². The molecular weight excluding hydrogens is 344 g/mol. The number of thiocarbonyl (C=S) groups is 2. The molecule has 1 rings (SSSR count). The van der Waals surface area contributed by atoms with E-state index in [4.69, 9.17) is 24.4 Å². The summed E-state index contributed by atoms with van der Waals surface area (Å²) in [5.41, 5.74) is 1.29. The van der Waals surface area contributed by atoms with Crippen LogP contribution >= 0.6 is 24.4 Å². The highest BCUT2D eigenvalue weighted by Crippen LogP contribution is 2.20. The third kappa shape index (κ3) is 7.47. The van der Waals surface area contributed by atoms with Crippen molar-refractivity contribution in [2.75, 3.05) is 10.6 Å². The van der Waals surface area contributed by atoms with E-state index in [0.29, 0.717) is 24.2 Å². The molecule has 0 aliphatic carbocycles. The lowest BCUT2D eigenvalue weighted by Crippen LogP contribution is -2.35. The maximum absolute atomic E-state index is 11.6. The summed E-state index contributed by atoms with van der Waals surface area (Å²) in [6.45, 7) is 3.84. The lowest BCUT2D eigenvalue weighted by Gasteiger charge is -2.15. The molecule has 6 nitrogen and oxygen atoms in total. The standard InChI is InChI=1S/C16H22N4O2S2/c1-3-7-13(21)19-15(23)17-11-9-5-6-10-12(11)18-16(24)20-14(22)8-4-2/h5-6,9-10H,3-4,7-8H2,1-2H3,(H2,17,19,21,23)(H2,18,20,22,24). The van der Waals surface area contributed by atoms with Gasteiger partial charge in [-0.15, -0.1) is 0 Å². The first-order valence-electron chi connectivity index (χ1n) is 7.77. The van der Waals surface area contributed by atoms with E-state index < -0.39 is 0 Å². The van der Waals surface area contributed by atoms with Gasteiger partial charge in [0.25, 0.3) is 0 Å². The number of nitrogens with one attached hydrogen (secondary N) is 4. The number of rotatable bonds is 6. The Balaban J connectivity index is 2.67. The van der Waals surface area contributed by atoms with Crippen molar-refractivity contribution in [3.63, 3.8) is 0 Å². The average molecular weight is 367 g/mol. The zero-order valence-corrected chi connectivity index (χ0v) is 15.4. The van der Waals surface area contributed by atoms with Crippen LogP contribution in [0.4, 0.5) is 11.4 Å². The Hall–Kier alpha value is -2.06. The lowest BCUT2D eigenvalue weighted by atomic mass is 10.2. The van der Waals surface area contributed by atoms with Crippen LogP contribution in [0.1, 0.15) is 39.5 Å². The zero-order chi connectivity index (χ0) is 17.9. The van der Waals surface area contributed by atoms with Crippen LogP contribution in [0.15, 0.2) is 24.3 Å². The van der Waals surface area contributed by atoms with Gasteiger partial charge in [0.05, 0.1) is 11.4 Å². The average Bonchev–Trinajstić information content (AvgIpc) is 2.49. The largest absolute Gasteiger partial charge is 0.331 e. The number of hydrogen-bond donors (Lipinski definition) is 4. The zero-order valence-electron chi connectivity index (χ0n) is 13.8. The number of anilines is 2. The van der Waals surface area contributed by atoms with Gasteiger partial charge in [0, 0.05) is 12.8 Å². The summed E-state index contributed by atoms with van der Waals surface area (Å²) < 4.78 is 0. The minimum atomic E-state index is -0.136. The van der Waals surface area contributed by atoms with Gasteiger partial charge in [-0.3, -0.25) is 9.59 Å². The van der Waals surface area contributed by atoms with Crippen molar-refractivity contribution >= 4 is 57.8 Å². The van der Waals surface area contributed by atoms with Gasteiger partial charge >= 0.3 is 0 Å². The smallest absolute Gasteiger partial charge is 0.226 e. The molecule has 0 aliphatic rings. The molecule has 0 fully saturated rings. The minimum Gasteiger partial charge on any atom is -0.331 e. The molecule has 0 saturated heterocycles. The summed E-state index contributed by atoms with van der Waals surface area (Å²) in [5, 5.41) is 11.5. The van der Waals surface area contributed by atoms with E-state index in [0.717, 1.165) is 12.8 Å². The summed E-state index contributed by atoms with van der Waals surface area (Å²) in [4.78, 5) is 23.1. The number of hydrogen-bond acceptors (Lipinski definition) is 4. The summed E-state index contributed by atoms with van der Waals surface area (Å²) in [6.07, 6.45) is 2.32. The van der Waals surface area contributed by atoms with Crippen LogP contribution in [0, 0.1) is 0 Å². The molecule has 8 heteroatoms. The molecule has 2 amide bonds. The van der Waals surface area contributed by atoms with Crippen molar-refractivity contribution < 1.29 is 9.59 Å². The van der Waals surface area contributed by atoms with E-state index in [9.17, 15) is 9.59 Å². The van der Waals surface area contributed by atoms with E-state index >= 15 is 0 Å². The molecule has 130 valence electrons. The number of para-hydroxylation sites is 2. The Morgan fingerprint density at radius 1 is 0.833 bits per heavy atom. The SMILES string of the molecule is CCCC(=O)NC(=S)Nc1ccccc1NC(=S)NC(=O)CCC. The fraction of sp³-hybridized carbons (Fsp3) is 0.375. The van der Waals surface area contributed by atoms with Gasteiger partial charge in [-0.2, -0.15) is 0 Å². The number of carbonyl (C=O) groups excluding carboxylic acids is 2. The first kappa shape index (κ1) is 20.0. The van der Waals surface area contributed by atoms with Gasteiger partial charge in [0.1, 0.15) is 0 Å². The van der Waals surface area contributed by atoms with Crippen molar-refractivity contribution in [2.24, 2.45) is 0 Å². The number of benzene rings is 1. The van der Waals surface area contributed by atoms with Crippen LogP contribution in [0.2, 0.25) is 0 Å². The lowest BCUT2D eigenvalue weighted by molar-refractivity contribution is -0.120. The third-order valence-electron chi connectivity index (χ3n) is 2.88. The molecule has 0 aliphatic heterocycles. The van der Waals surface area contributed by atoms with Crippen molar-refractivity contribution in [1.29, 1.82) is 0 Å². The molecule has 0 saturated carbocycles. The molecule has 0 spiro atoms. The van der Waals surface area contributed by atoms with Gasteiger partial charge in [-0.1, -0.05) is 26.0 Å². The third-order valence-corrected chi connectivity index (χ3v) is 3.29. The first-order valence-corrected chi connectivity index (χ1v) is 8.58. The highest BCUT2D eigenvalue weighted by Gasteiger charge is 2.09. The van der Waals surface area contributed by atoms with Crippen LogP contribution in [0.3, 0.4) is 0 Å². The number of amides is 2. The van der Waals surface area contributed by atoms with Crippen LogP contribution in [-0.4, -0.2) is 22.0 Å². The maximum Gasteiger partial charge on any atom is 0.226 e. The fourth-order valence-electron chi connectivity index (χ4n) is 1.84. The van der Waals surface area contributed by atoms with Crippen LogP contribution in [0.25, 0.3) is 0 Å². The summed E-state index contributed by atoms with van der Waals surface area (Å²) in [7, 11) is 0. The highest BCUT2D eigenvalue weighted by molar-refractivity contribution is 7.80. The molecule has 0 heterocycles. The van der Waals surface area contributed by atoms with E-state index in [1.807, 2.05) is 26.0 Å². The second-order valence-corrected chi connectivity index (χ2v) is 5.87. The monoisotopic (exact) mass is 366 g/mol. The molecular formula is C16H22N4O2S2. The summed E-state index contributed by atoms with van der Waals surface area (Å²) in [6, 6.07) is 7.22. The van der Waals surface area contributed by atoms with Crippen molar-refractivity contribution in [3.8, 4) is 0 Å². The molecule has 1 aromatic carbocycles. The summed E-state index contributed by atoms with van der Waals surface area (Å²) in [5.74, 6) is -0.273. The van der Waals surface area contributed by atoms with Gasteiger partial charge < -0.3 is 21.3 Å². The Bertz CT molecular complexity index is 567. The van der Waals surface area contributed by atoms with Gasteiger partial charge in [0.2, 0.25) is 11.8 Å². The van der Waals surface area contributed by atoms with Crippen molar-refractivity contribution in [1.82, 2.24) is 10.6 Å². The topological polar surface area (TPSA) is 82.3 Å². The molecule has 0 radical (unpaired) electrons. The molecule has 0 bridgehead atoms. The Kier molecular flexibility index (Phi) is 8.88. The minimum absolute atomic E-state index is 0.136. The Morgan fingerprint density at radius 2 is 1.21 bits per heavy atom. The van der Waals surface area contributed by atoms with E-state index in [1.54, 1.807) is 12.1 Å². The second kappa shape index (κ2) is 10.7. The fourth-order valence-corrected chi connectivity index (χ4v) is 2.29. The van der Waals surface area contributed by atoms with E-state index in [-0.39, 0.29) is 22.0 Å². The molecule has 0 unspecified atom stereocenters. The molecule has 1 aromatic rings. The molecule has 0 atom stereocenters. The molecule has 0 aromatic heterocycles. The molecule has 4 N–H and O–H groups in total. The predicted octanol–water partition coefficient (Wildman–Crippen LogP) is 2.91. The van der Waals surface area contributed by atoms with E-state index in [2.05, 4.69) is 21.3 Å². The maximum atomic E-state index is 11.6. The summed E-state index contributed by atoms with van der Waals surface area (Å²) >= 11 is 10.3. The first-order chi connectivity index (χ1) is 11.5. The van der Waals surface area contributed by atoms with Crippen LogP contribution in [-0.2, 0) is 9.59 Å². The normalized spacial score (nSPS) is 9.75.